The normalized spacial score (nSPS) is 16.4. The Labute approximate surface area is 119 Å². The molecule has 1 aliphatic heterocycles. The smallest absolute Gasteiger partial charge is 0.335 e. The van der Waals surface area contributed by atoms with Gasteiger partial charge in [0.25, 0.3) is 0 Å². The first-order valence-electron chi connectivity index (χ1n) is 6.70. The Hall–Kier alpha value is -1.40. The van der Waals surface area contributed by atoms with Crippen LogP contribution in [-0.4, -0.2) is 49.8 Å². The lowest BCUT2D eigenvalue weighted by Gasteiger charge is -2.15. The predicted octanol–water partition coefficient (Wildman–Crippen LogP) is 1.56. The van der Waals surface area contributed by atoms with E-state index in [0.717, 1.165) is 25.9 Å². The van der Waals surface area contributed by atoms with Crippen molar-refractivity contribution in [3.05, 3.63) is 29.3 Å². The molecule has 2 rings (SSSR count). The molecule has 0 radical (unpaired) electrons. The van der Waals surface area contributed by atoms with E-state index < -0.39 is 15.8 Å². The Kier molecular flexibility index (Phi) is 4.45. The largest absolute Gasteiger partial charge is 0.478 e. The Morgan fingerprint density at radius 1 is 1.30 bits per heavy atom. The molecule has 1 fully saturated rings. The molecule has 1 aliphatic rings. The third kappa shape index (κ3) is 3.19. The predicted molar refractivity (Wildman–Crippen MR) is 75.9 cm³/mol. The fourth-order valence-electron chi connectivity index (χ4n) is 2.55. The maximum Gasteiger partial charge on any atom is 0.335 e. The fourth-order valence-corrected chi connectivity index (χ4v) is 4.13. The third-order valence-electron chi connectivity index (χ3n) is 3.72. The van der Waals surface area contributed by atoms with Crippen molar-refractivity contribution >= 4 is 15.8 Å². The summed E-state index contributed by atoms with van der Waals surface area (Å²) in [6, 6.07) is 4.40. The summed E-state index contributed by atoms with van der Waals surface area (Å²) in [7, 11) is -3.44. The quantitative estimate of drug-likeness (QED) is 0.892. The second-order valence-electron chi connectivity index (χ2n) is 5.10. The zero-order valence-corrected chi connectivity index (χ0v) is 12.3. The molecule has 0 aliphatic carbocycles. The number of benzene rings is 1. The highest BCUT2D eigenvalue weighted by Crippen LogP contribution is 2.21. The number of hydrogen-bond acceptors (Lipinski definition) is 4. The van der Waals surface area contributed by atoms with E-state index >= 15 is 0 Å². The second-order valence-corrected chi connectivity index (χ2v) is 7.18. The summed E-state index contributed by atoms with van der Waals surface area (Å²) in [5, 5.41) is 9.06. The Bertz CT molecular complexity index is 604. The summed E-state index contributed by atoms with van der Waals surface area (Å²) in [6.45, 7) is 3.96. The van der Waals surface area contributed by atoms with Gasteiger partial charge >= 0.3 is 5.97 Å². The van der Waals surface area contributed by atoms with Crippen LogP contribution in [0.25, 0.3) is 0 Å². The summed E-state index contributed by atoms with van der Waals surface area (Å²) in [5.74, 6) is -1.06. The number of carboxylic acid groups (broad SMARTS) is 1. The average Bonchev–Trinajstić information content (AvgIpc) is 2.89. The van der Waals surface area contributed by atoms with Gasteiger partial charge in [0.15, 0.2) is 9.84 Å². The second kappa shape index (κ2) is 5.93. The maximum atomic E-state index is 12.4. The molecular formula is C14H19NO4S. The van der Waals surface area contributed by atoms with Gasteiger partial charge in [-0.1, -0.05) is 6.07 Å². The van der Waals surface area contributed by atoms with Gasteiger partial charge in [-0.05, 0) is 50.6 Å². The van der Waals surface area contributed by atoms with E-state index in [0.29, 0.717) is 12.1 Å². The van der Waals surface area contributed by atoms with Crippen LogP contribution in [0.1, 0.15) is 28.8 Å². The van der Waals surface area contributed by atoms with Crippen LogP contribution in [0.2, 0.25) is 0 Å². The van der Waals surface area contributed by atoms with Crippen LogP contribution in [-0.2, 0) is 9.84 Å². The molecule has 0 saturated carbocycles. The number of likely N-dealkylation sites (tertiary alicyclic amines) is 1. The van der Waals surface area contributed by atoms with E-state index in [9.17, 15) is 13.2 Å². The Morgan fingerprint density at radius 3 is 2.55 bits per heavy atom. The van der Waals surface area contributed by atoms with Crippen molar-refractivity contribution < 1.29 is 18.3 Å². The van der Waals surface area contributed by atoms with Crippen LogP contribution in [0.5, 0.6) is 0 Å². The highest BCUT2D eigenvalue weighted by atomic mass is 32.2. The summed E-state index contributed by atoms with van der Waals surface area (Å²) in [4.78, 5) is 13.3. The van der Waals surface area contributed by atoms with Gasteiger partial charge in [-0.25, -0.2) is 13.2 Å². The summed E-state index contributed by atoms with van der Waals surface area (Å²) >= 11 is 0. The SMILES string of the molecule is Cc1c(C(=O)O)cccc1S(=O)(=O)CCN1CCCC1. The van der Waals surface area contributed by atoms with Crippen molar-refractivity contribution in [1.29, 1.82) is 0 Å². The first kappa shape index (κ1) is 15.0. The molecule has 0 unspecified atom stereocenters. The molecular weight excluding hydrogens is 278 g/mol. The van der Waals surface area contributed by atoms with E-state index in [4.69, 9.17) is 5.11 Å². The number of hydrogen-bond donors (Lipinski definition) is 1. The van der Waals surface area contributed by atoms with Crippen LogP contribution in [0, 0.1) is 6.92 Å². The van der Waals surface area contributed by atoms with E-state index in [1.807, 2.05) is 0 Å². The first-order chi connectivity index (χ1) is 9.42. The molecule has 5 nitrogen and oxygen atoms in total. The first-order valence-corrected chi connectivity index (χ1v) is 8.35. The molecule has 1 N–H and O–H groups in total. The standard InChI is InChI=1S/C14H19NO4S/c1-11-12(14(16)17)5-4-6-13(11)20(18,19)10-9-15-7-2-3-8-15/h4-6H,2-3,7-10H2,1H3,(H,16,17). The topological polar surface area (TPSA) is 74.7 Å². The van der Waals surface area contributed by atoms with Gasteiger partial charge in [0.05, 0.1) is 16.2 Å². The van der Waals surface area contributed by atoms with Gasteiger partial charge < -0.3 is 10.0 Å². The molecule has 1 aromatic rings. The van der Waals surface area contributed by atoms with Crippen LogP contribution in [0.15, 0.2) is 23.1 Å². The number of carbonyl (C=O) groups is 1. The van der Waals surface area contributed by atoms with Crippen LogP contribution < -0.4 is 0 Å². The van der Waals surface area contributed by atoms with Crippen LogP contribution in [0.4, 0.5) is 0 Å². The van der Waals surface area contributed by atoms with Crippen molar-refractivity contribution in [3.63, 3.8) is 0 Å². The van der Waals surface area contributed by atoms with Crippen molar-refractivity contribution in [1.82, 2.24) is 4.90 Å². The van der Waals surface area contributed by atoms with Crippen LogP contribution >= 0.6 is 0 Å². The van der Waals surface area contributed by atoms with Gasteiger partial charge in [-0.2, -0.15) is 0 Å². The molecule has 0 aromatic heterocycles. The highest BCUT2D eigenvalue weighted by molar-refractivity contribution is 7.91. The van der Waals surface area contributed by atoms with Gasteiger partial charge in [0.1, 0.15) is 0 Å². The minimum Gasteiger partial charge on any atom is -0.478 e. The molecule has 6 heteroatoms. The van der Waals surface area contributed by atoms with Crippen molar-refractivity contribution in [3.8, 4) is 0 Å². The molecule has 0 spiro atoms. The Morgan fingerprint density at radius 2 is 1.95 bits per heavy atom. The highest BCUT2D eigenvalue weighted by Gasteiger charge is 2.22. The monoisotopic (exact) mass is 297 g/mol. The van der Waals surface area contributed by atoms with E-state index in [2.05, 4.69) is 4.90 Å². The number of aromatic carboxylic acids is 1. The van der Waals surface area contributed by atoms with Gasteiger partial charge in [-0.15, -0.1) is 0 Å². The van der Waals surface area contributed by atoms with Crippen molar-refractivity contribution in [2.24, 2.45) is 0 Å². The molecule has 1 heterocycles. The molecule has 1 saturated heterocycles. The molecule has 0 bridgehead atoms. The molecule has 0 atom stereocenters. The number of sulfone groups is 1. The zero-order chi connectivity index (χ0) is 14.8. The molecule has 0 amide bonds. The average molecular weight is 297 g/mol. The minimum atomic E-state index is -3.44. The van der Waals surface area contributed by atoms with E-state index in [1.165, 1.54) is 18.2 Å². The number of nitrogens with zero attached hydrogens (tertiary/aromatic N) is 1. The zero-order valence-electron chi connectivity index (χ0n) is 11.5. The lowest BCUT2D eigenvalue weighted by Crippen LogP contribution is -2.27. The van der Waals surface area contributed by atoms with Gasteiger partial charge in [0, 0.05) is 6.54 Å². The van der Waals surface area contributed by atoms with Crippen molar-refractivity contribution in [2.75, 3.05) is 25.4 Å². The summed E-state index contributed by atoms with van der Waals surface area (Å²) < 4.78 is 24.7. The number of carboxylic acids is 1. The van der Waals surface area contributed by atoms with Gasteiger partial charge in [0.2, 0.25) is 0 Å². The third-order valence-corrected chi connectivity index (χ3v) is 5.56. The lowest BCUT2D eigenvalue weighted by atomic mass is 10.1. The van der Waals surface area contributed by atoms with E-state index in [-0.39, 0.29) is 16.2 Å². The maximum absolute atomic E-state index is 12.4. The minimum absolute atomic E-state index is 0.0386. The lowest BCUT2D eigenvalue weighted by molar-refractivity contribution is 0.0696. The molecule has 1 aromatic carbocycles. The molecule has 20 heavy (non-hydrogen) atoms. The molecule has 110 valence electrons. The van der Waals surface area contributed by atoms with Crippen molar-refractivity contribution in [2.45, 2.75) is 24.7 Å². The summed E-state index contributed by atoms with van der Waals surface area (Å²) in [6.07, 6.45) is 2.24. The Balaban J connectivity index is 2.20. The summed E-state index contributed by atoms with van der Waals surface area (Å²) in [5.41, 5.74) is 0.369. The van der Waals surface area contributed by atoms with Crippen LogP contribution in [0.3, 0.4) is 0 Å². The fraction of sp³-hybridized carbons (Fsp3) is 0.500. The number of rotatable bonds is 5. The van der Waals surface area contributed by atoms with E-state index in [1.54, 1.807) is 6.92 Å². The van der Waals surface area contributed by atoms with Gasteiger partial charge in [-0.3, -0.25) is 0 Å².